The molecule has 0 aromatic heterocycles. The summed E-state index contributed by atoms with van der Waals surface area (Å²) in [6.45, 7) is 11.4. The highest BCUT2D eigenvalue weighted by Gasteiger charge is 2.39. The molecule has 2 heterocycles. The van der Waals surface area contributed by atoms with Crippen molar-refractivity contribution >= 4 is 11.9 Å². The van der Waals surface area contributed by atoms with Gasteiger partial charge in [-0.25, -0.2) is 0 Å². The monoisotopic (exact) mass is 370 g/mol. The van der Waals surface area contributed by atoms with Gasteiger partial charge in [0.2, 0.25) is 0 Å². The topological polar surface area (TPSA) is 81.1 Å². The Morgan fingerprint density at radius 1 is 0.769 bits per heavy atom. The van der Waals surface area contributed by atoms with E-state index in [1.54, 1.807) is 0 Å². The maximum atomic E-state index is 11.0. The van der Waals surface area contributed by atoms with E-state index in [1.165, 1.54) is 0 Å². The zero-order chi connectivity index (χ0) is 20.1. The smallest absolute Gasteiger partial charge is 0.309 e. The molecule has 2 rings (SSSR count). The molecule has 0 radical (unpaired) electrons. The van der Waals surface area contributed by atoms with Gasteiger partial charge in [0, 0.05) is 13.1 Å². The molecule has 2 aliphatic rings. The van der Waals surface area contributed by atoms with Crippen molar-refractivity contribution in [1.82, 2.24) is 9.80 Å². The van der Waals surface area contributed by atoms with Crippen molar-refractivity contribution in [3.63, 3.8) is 0 Å². The van der Waals surface area contributed by atoms with E-state index >= 15 is 0 Å². The molecule has 0 aromatic rings. The van der Waals surface area contributed by atoms with E-state index in [0.717, 1.165) is 51.9 Å². The summed E-state index contributed by atoms with van der Waals surface area (Å²) in [5, 5.41) is 18.1. The predicted molar refractivity (Wildman–Crippen MR) is 103 cm³/mol. The second-order valence-electron chi connectivity index (χ2n) is 9.26. The van der Waals surface area contributed by atoms with E-state index in [0.29, 0.717) is 11.8 Å². The fourth-order valence-electron chi connectivity index (χ4n) is 3.86. The number of hydrogen-bond acceptors (Lipinski definition) is 4. The normalized spacial score (nSPS) is 25.9. The number of likely N-dealkylation sites (tertiary alicyclic amines) is 2. The quantitative estimate of drug-likeness (QED) is 0.792. The molecule has 6 heteroatoms. The third-order valence-electron chi connectivity index (χ3n) is 6.39. The van der Waals surface area contributed by atoms with Gasteiger partial charge in [0.25, 0.3) is 0 Å². The first-order chi connectivity index (χ1) is 11.9. The average Bonchev–Trinajstić information content (AvgIpc) is 2.55. The highest BCUT2D eigenvalue weighted by molar-refractivity contribution is 5.74. The first-order valence-electron chi connectivity index (χ1n) is 9.73. The minimum absolute atomic E-state index is 0.295. The van der Waals surface area contributed by atoms with Crippen LogP contribution in [0.5, 0.6) is 0 Å². The highest BCUT2D eigenvalue weighted by atomic mass is 16.4. The van der Waals surface area contributed by atoms with Crippen molar-refractivity contribution in [2.45, 2.75) is 53.4 Å². The number of carboxylic acids is 2. The van der Waals surface area contributed by atoms with Gasteiger partial charge in [0.05, 0.1) is 10.8 Å². The predicted octanol–water partition coefficient (Wildman–Crippen LogP) is 2.88. The molecule has 0 spiro atoms. The molecule has 2 aliphatic heterocycles. The first kappa shape index (κ1) is 22.9. The molecule has 2 atom stereocenters. The van der Waals surface area contributed by atoms with E-state index in [9.17, 15) is 9.59 Å². The Kier molecular flexibility index (Phi) is 8.08. The lowest BCUT2D eigenvalue weighted by Gasteiger charge is -2.37. The van der Waals surface area contributed by atoms with Gasteiger partial charge in [0.15, 0.2) is 0 Å². The Bertz CT molecular complexity index is 446. The van der Waals surface area contributed by atoms with E-state index in [1.807, 2.05) is 27.7 Å². The average molecular weight is 371 g/mol. The lowest BCUT2D eigenvalue weighted by atomic mass is 9.75. The van der Waals surface area contributed by atoms with E-state index < -0.39 is 22.8 Å². The summed E-state index contributed by atoms with van der Waals surface area (Å²) in [6.07, 6.45) is 4.34. The van der Waals surface area contributed by atoms with Gasteiger partial charge in [-0.3, -0.25) is 9.59 Å². The van der Waals surface area contributed by atoms with Gasteiger partial charge in [-0.05, 0) is 92.4 Å². The van der Waals surface area contributed by atoms with Gasteiger partial charge in [-0.15, -0.1) is 0 Å². The summed E-state index contributed by atoms with van der Waals surface area (Å²) < 4.78 is 0. The van der Waals surface area contributed by atoms with Gasteiger partial charge >= 0.3 is 11.9 Å². The number of carboxylic acid groups (broad SMARTS) is 2. The summed E-state index contributed by atoms with van der Waals surface area (Å²) in [7, 11) is 4.12. The van der Waals surface area contributed by atoms with E-state index in [-0.39, 0.29) is 0 Å². The van der Waals surface area contributed by atoms with Crippen LogP contribution in [0.15, 0.2) is 0 Å². The van der Waals surface area contributed by atoms with E-state index in [2.05, 4.69) is 23.9 Å². The van der Waals surface area contributed by atoms with Crippen LogP contribution in [-0.4, -0.2) is 72.2 Å². The summed E-state index contributed by atoms with van der Waals surface area (Å²) >= 11 is 0. The second-order valence-corrected chi connectivity index (χ2v) is 9.26. The van der Waals surface area contributed by atoms with Gasteiger partial charge in [-0.1, -0.05) is 0 Å². The van der Waals surface area contributed by atoms with Crippen LogP contribution in [0, 0.1) is 22.7 Å². The minimum Gasteiger partial charge on any atom is -0.481 e. The van der Waals surface area contributed by atoms with Crippen LogP contribution >= 0.6 is 0 Å². The number of aliphatic carboxylic acids is 2. The van der Waals surface area contributed by atoms with Crippen LogP contribution in [-0.2, 0) is 9.59 Å². The Labute approximate surface area is 158 Å². The van der Waals surface area contributed by atoms with Crippen LogP contribution in [0.25, 0.3) is 0 Å². The Hall–Kier alpha value is -1.14. The van der Waals surface area contributed by atoms with Crippen molar-refractivity contribution in [2.75, 3.05) is 40.3 Å². The molecule has 6 nitrogen and oxygen atoms in total. The van der Waals surface area contributed by atoms with E-state index in [4.69, 9.17) is 10.2 Å². The van der Waals surface area contributed by atoms with Crippen molar-refractivity contribution in [1.29, 1.82) is 0 Å². The number of piperidine rings is 2. The number of hydrogen-bond donors (Lipinski definition) is 2. The van der Waals surface area contributed by atoms with Crippen molar-refractivity contribution in [3.8, 4) is 0 Å². The molecule has 2 N–H and O–H groups in total. The summed E-state index contributed by atoms with van der Waals surface area (Å²) in [5.41, 5.74) is -1.15. The standard InChI is InChI=1S/2C10H19NO2/c2*1-10(2,9(12)13)8-5-4-6-11(3)7-8/h2*8H,4-7H2,1-3H3,(H,12,13). The van der Waals surface area contributed by atoms with Crippen LogP contribution in [0.4, 0.5) is 0 Å². The summed E-state index contributed by atoms with van der Waals surface area (Å²) in [6, 6.07) is 0. The molecule has 0 aromatic carbocycles. The van der Waals surface area contributed by atoms with Crippen LogP contribution in [0.1, 0.15) is 53.4 Å². The molecule has 2 fully saturated rings. The minimum atomic E-state index is -0.673. The third-order valence-corrected chi connectivity index (χ3v) is 6.39. The summed E-state index contributed by atoms with van der Waals surface area (Å²) in [4.78, 5) is 26.5. The molecule has 26 heavy (non-hydrogen) atoms. The largest absolute Gasteiger partial charge is 0.481 e. The lowest BCUT2D eigenvalue weighted by Crippen LogP contribution is -2.43. The molecular weight excluding hydrogens is 332 g/mol. The zero-order valence-electron chi connectivity index (χ0n) is 17.4. The van der Waals surface area contributed by atoms with Crippen LogP contribution in [0.2, 0.25) is 0 Å². The SMILES string of the molecule is CN1CCCC(C(C)(C)C(=O)O)C1.CN1CCCC(C(C)(C)C(=O)O)C1. The fourth-order valence-corrected chi connectivity index (χ4v) is 3.86. The maximum Gasteiger partial charge on any atom is 0.309 e. The van der Waals surface area contributed by atoms with Crippen LogP contribution < -0.4 is 0 Å². The molecule has 2 saturated heterocycles. The van der Waals surface area contributed by atoms with Crippen molar-refractivity contribution in [2.24, 2.45) is 22.7 Å². The second kappa shape index (κ2) is 9.18. The molecule has 0 bridgehead atoms. The number of nitrogens with zero attached hydrogens (tertiary/aromatic N) is 2. The molecule has 0 aliphatic carbocycles. The van der Waals surface area contributed by atoms with Crippen LogP contribution in [0.3, 0.4) is 0 Å². The third kappa shape index (κ3) is 5.95. The van der Waals surface area contributed by atoms with Crippen molar-refractivity contribution < 1.29 is 19.8 Å². The first-order valence-corrected chi connectivity index (χ1v) is 9.73. The Morgan fingerprint density at radius 2 is 1.08 bits per heavy atom. The number of rotatable bonds is 4. The lowest BCUT2D eigenvalue weighted by molar-refractivity contribution is -0.152. The number of carbonyl (C=O) groups is 2. The maximum absolute atomic E-state index is 11.0. The summed E-state index contributed by atoms with van der Waals surface area (Å²) in [5.74, 6) is -0.756. The van der Waals surface area contributed by atoms with Gasteiger partial charge in [0.1, 0.15) is 0 Å². The molecule has 152 valence electrons. The Balaban J connectivity index is 0.000000260. The molecule has 2 unspecified atom stereocenters. The zero-order valence-corrected chi connectivity index (χ0v) is 17.4. The highest BCUT2D eigenvalue weighted by Crippen LogP contribution is 2.34. The fraction of sp³-hybridized carbons (Fsp3) is 0.900. The molecule has 0 saturated carbocycles. The van der Waals surface area contributed by atoms with Gasteiger partial charge in [-0.2, -0.15) is 0 Å². The molecular formula is C20H38N2O4. The van der Waals surface area contributed by atoms with Crippen molar-refractivity contribution in [3.05, 3.63) is 0 Å². The van der Waals surface area contributed by atoms with Gasteiger partial charge < -0.3 is 20.0 Å². The Morgan fingerprint density at radius 3 is 1.31 bits per heavy atom. The molecule has 0 amide bonds.